The van der Waals surface area contributed by atoms with E-state index in [1.807, 2.05) is 30.3 Å². The monoisotopic (exact) mass is 371 g/mol. The van der Waals surface area contributed by atoms with E-state index in [0.717, 1.165) is 6.07 Å². The molecule has 0 aromatic heterocycles. The molecule has 1 N–H and O–H groups in total. The number of amides is 1. The van der Waals surface area contributed by atoms with Crippen molar-refractivity contribution in [2.24, 2.45) is 0 Å². The highest BCUT2D eigenvalue weighted by molar-refractivity contribution is 9.10. The second-order valence-corrected chi connectivity index (χ2v) is 5.47. The number of ether oxygens (including phenoxy) is 1. The predicted molar refractivity (Wildman–Crippen MR) is 84.3 cm³/mol. The minimum atomic E-state index is -0.475. The van der Waals surface area contributed by atoms with E-state index in [1.54, 1.807) is 0 Å². The summed E-state index contributed by atoms with van der Waals surface area (Å²) >= 11 is 9.05. The van der Waals surface area contributed by atoms with Gasteiger partial charge in [0, 0.05) is 4.47 Å². The van der Waals surface area contributed by atoms with Gasteiger partial charge >= 0.3 is 0 Å². The van der Waals surface area contributed by atoms with Crippen molar-refractivity contribution in [2.45, 2.75) is 6.42 Å². The number of carbonyl (C=O) groups is 1. The third kappa shape index (κ3) is 4.72. The van der Waals surface area contributed by atoms with Crippen molar-refractivity contribution >= 4 is 39.1 Å². The molecular weight excluding hydrogens is 361 g/mol. The molecule has 2 rings (SSSR count). The van der Waals surface area contributed by atoms with Gasteiger partial charge in [0.05, 0.1) is 23.7 Å². The molecule has 2 aromatic carbocycles. The second kappa shape index (κ2) is 7.43. The van der Waals surface area contributed by atoms with Gasteiger partial charge in [0.25, 0.3) is 0 Å². The fourth-order valence-corrected chi connectivity index (χ4v) is 2.54. The molecule has 2 aromatic rings. The van der Waals surface area contributed by atoms with Crippen LogP contribution in [0, 0.1) is 5.82 Å². The number of rotatable bonds is 5. The summed E-state index contributed by atoms with van der Waals surface area (Å²) in [6, 6.07) is 11.6. The van der Waals surface area contributed by atoms with Crippen molar-refractivity contribution in [3.8, 4) is 5.75 Å². The Balaban J connectivity index is 1.88. The number of para-hydroxylation sites is 1. The first-order valence-corrected chi connectivity index (χ1v) is 7.35. The Bertz CT molecular complexity index is 614. The van der Waals surface area contributed by atoms with E-state index in [9.17, 15) is 9.18 Å². The number of benzene rings is 2. The van der Waals surface area contributed by atoms with E-state index in [4.69, 9.17) is 16.3 Å². The van der Waals surface area contributed by atoms with Crippen molar-refractivity contribution in [1.82, 2.24) is 0 Å². The maximum absolute atomic E-state index is 13.1. The molecule has 0 aliphatic carbocycles. The summed E-state index contributed by atoms with van der Waals surface area (Å²) < 4.78 is 18.9. The smallest absolute Gasteiger partial charge is 0.227 e. The molecule has 0 aliphatic heterocycles. The van der Waals surface area contributed by atoms with E-state index in [0.29, 0.717) is 15.9 Å². The van der Waals surface area contributed by atoms with Gasteiger partial charge < -0.3 is 10.1 Å². The van der Waals surface area contributed by atoms with Crippen LogP contribution in [0.2, 0.25) is 5.02 Å². The normalized spacial score (nSPS) is 10.2. The summed E-state index contributed by atoms with van der Waals surface area (Å²) in [7, 11) is 0. The van der Waals surface area contributed by atoms with Crippen molar-refractivity contribution in [1.29, 1.82) is 0 Å². The molecule has 0 atom stereocenters. The molecule has 3 nitrogen and oxygen atoms in total. The van der Waals surface area contributed by atoms with E-state index in [2.05, 4.69) is 21.2 Å². The third-order valence-corrected chi connectivity index (χ3v) is 3.54. The minimum absolute atomic E-state index is 0.138. The zero-order chi connectivity index (χ0) is 15.2. The molecule has 0 saturated heterocycles. The van der Waals surface area contributed by atoms with E-state index < -0.39 is 5.82 Å². The average molecular weight is 373 g/mol. The van der Waals surface area contributed by atoms with Gasteiger partial charge in [-0.3, -0.25) is 4.79 Å². The van der Waals surface area contributed by atoms with Crippen molar-refractivity contribution in [3.63, 3.8) is 0 Å². The summed E-state index contributed by atoms with van der Waals surface area (Å²) in [4.78, 5) is 11.8. The minimum Gasteiger partial charge on any atom is -0.493 e. The molecule has 0 spiro atoms. The topological polar surface area (TPSA) is 38.3 Å². The number of hydrogen-bond donors (Lipinski definition) is 1. The van der Waals surface area contributed by atoms with Crippen LogP contribution in [0.15, 0.2) is 46.9 Å². The highest BCUT2D eigenvalue weighted by atomic mass is 79.9. The molecule has 0 saturated carbocycles. The molecule has 0 unspecified atom stereocenters. The Morgan fingerprint density at radius 3 is 2.67 bits per heavy atom. The van der Waals surface area contributed by atoms with Gasteiger partial charge in [0.2, 0.25) is 5.91 Å². The molecule has 6 heteroatoms. The quantitative estimate of drug-likeness (QED) is 0.830. The van der Waals surface area contributed by atoms with Gasteiger partial charge in [0.15, 0.2) is 0 Å². The second-order valence-electron chi connectivity index (χ2n) is 4.20. The first-order chi connectivity index (χ1) is 10.1. The number of hydrogen-bond acceptors (Lipinski definition) is 2. The summed E-state index contributed by atoms with van der Waals surface area (Å²) in [5, 5.41) is 2.77. The van der Waals surface area contributed by atoms with Crippen LogP contribution in [-0.4, -0.2) is 12.5 Å². The van der Waals surface area contributed by atoms with Crippen LogP contribution < -0.4 is 10.1 Å². The summed E-state index contributed by atoms with van der Waals surface area (Å²) in [6.07, 6.45) is 0.162. The lowest BCUT2D eigenvalue weighted by Gasteiger charge is -2.10. The highest BCUT2D eigenvalue weighted by Gasteiger charge is 2.11. The molecule has 0 bridgehead atoms. The lowest BCUT2D eigenvalue weighted by Crippen LogP contribution is -2.15. The van der Waals surface area contributed by atoms with Gasteiger partial charge in [-0.25, -0.2) is 4.39 Å². The highest BCUT2D eigenvalue weighted by Crippen LogP contribution is 2.31. The maximum atomic E-state index is 13.1. The largest absolute Gasteiger partial charge is 0.493 e. The first-order valence-electron chi connectivity index (χ1n) is 6.18. The summed E-state index contributed by atoms with van der Waals surface area (Å²) in [6.45, 7) is 0.242. The van der Waals surface area contributed by atoms with Gasteiger partial charge in [-0.15, -0.1) is 0 Å². The van der Waals surface area contributed by atoms with Gasteiger partial charge in [-0.05, 0) is 40.2 Å². The van der Waals surface area contributed by atoms with Crippen LogP contribution in [0.1, 0.15) is 6.42 Å². The van der Waals surface area contributed by atoms with Crippen molar-refractivity contribution < 1.29 is 13.9 Å². The molecule has 110 valence electrons. The van der Waals surface area contributed by atoms with Gasteiger partial charge in [-0.1, -0.05) is 29.8 Å². The number of nitrogens with one attached hydrogen (secondary N) is 1. The van der Waals surface area contributed by atoms with Crippen LogP contribution in [0.3, 0.4) is 0 Å². The molecule has 0 fully saturated rings. The fourth-order valence-electron chi connectivity index (χ4n) is 1.64. The Morgan fingerprint density at radius 1 is 1.29 bits per heavy atom. The first kappa shape index (κ1) is 15.8. The average Bonchev–Trinajstić information content (AvgIpc) is 2.44. The van der Waals surface area contributed by atoms with E-state index >= 15 is 0 Å². The Labute approximate surface area is 135 Å². The number of anilines is 1. The van der Waals surface area contributed by atoms with E-state index in [1.165, 1.54) is 6.07 Å². The summed E-state index contributed by atoms with van der Waals surface area (Å²) in [5.41, 5.74) is 0.350. The van der Waals surface area contributed by atoms with Crippen LogP contribution >= 0.6 is 27.5 Å². The van der Waals surface area contributed by atoms with Crippen LogP contribution in [-0.2, 0) is 4.79 Å². The Kier molecular flexibility index (Phi) is 5.59. The maximum Gasteiger partial charge on any atom is 0.227 e. The predicted octanol–water partition coefficient (Wildman–Crippen LogP) is 4.65. The van der Waals surface area contributed by atoms with Crippen molar-refractivity contribution in [2.75, 3.05) is 11.9 Å². The molecule has 0 heterocycles. The molecule has 0 radical (unpaired) electrons. The molecule has 0 aliphatic rings. The lowest BCUT2D eigenvalue weighted by molar-refractivity contribution is -0.116. The number of halogens is 3. The molecular formula is C15H12BrClFNO2. The fraction of sp³-hybridized carbons (Fsp3) is 0.133. The Morgan fingerprint density at radius 2 is 2.00 bits per heavy atom. The van der Waals surface area contributed by atoms with Crippen molar-refractivity contribution in [3.05, 3.63) is 57.8 Å². The molecule has 1 amide bonds. The molecule has 21 heavy (non-hydrogen) atoms. The SMILES string of the molecule is O=C(CCOc1ccccc1)Nc1c(Cl)cc(F)cc1Br. The summed E-state index contributed by atoms with van der Waals surface area (Å²) in [5.74, 6) is -0.0382. The third-order valence-electron chi connectivity index (χ3n) is 2.61. The Hall–Kier alpha value is -1.59. The standard InChI is InChI=1S/C15H12BrClFNO2/c16-12-8-10(18)9-13(17)15(12)19-14(20)6-7-21-11-4-2-1-3-5-11/h1-5,8-9H,6-7H2,(H,19,20). The van der Waals surface area contributed by atoms with Gasteiger partial charge in [0.1, 0.15) is 11.6 Å². The number of carbonyl (C=O) groups excluding carboxylic acids is 1. The van der Waals surface area contributed by atoms with Crippen LogP contribution in [0.4, 0.5) is 10.1 Å². The van der Waals surface area contributed by atoms with Gasteiger partial charge in [-0.2, -0.15) is 0 Å². The van der Waals surface area contributed by atoms with Crippen LogP contribution in [0.25, 0.3) is 0 Å². The van der Waals surface area contributed by atoms with E-state index in [-0.39, 0.29) is 24.0 Å². The van der Waals surface area contributed by atoms with Crippen LogP contribution in [0.5, 0.6) is 5.75 Å². The lowest BCUT2D eigenvalue weighted by atomic mass is 10.3. The zero-order valence-electron chi connectivity index (χ0n) is 10.9. The zero-order valence-corrected chi connectivity index (χ0v) is 13.2.